The van der Waals surface area contributed by atoms with Gasteiger partial charge in [0.15, 0.2) is 0 Å². The van der Waals surface area contributed by atoms with Crippen molar-refractivity contribution in [2.24, 2.45) is 5.92 Å². The zero-order valence-corrected chi connectivity index (χ0v) is 16.3. The molecule has 1 aliphatic heterocycles. The number of amides is 1. The Morgan fingerprint density at radius 3 is 2.78 bits per heavy atom. The van der Waals surface area contributed by atoms with Gasteiger partial charge in [0.1, 0.15) is 11.4 Å². The maximum atomic E-state index is 12.9. The number of nitrogens with zero attached hydrogens (tertiary/aromatic N) is 1. The minimum absolute atomic E-state index is 0.0145. The minimum Gasteiger partial charge on any atom is -0.497 e. The van der Waals surface area contributed by atoms with Gasteiger partial charge in [-0.15, -0.1) is 0 Å². The molecule has 2 aliphatic rings. The first-order valence-electron chi connectivity index (χ1n) is 10.4. The summed E-state index contributed by atoms with van der Waals surface area (Å²) in [6.07, 6.45) is 8.84. The fraction of sp³-hybridized carbons (Fsp3) is 0.591. The minimum atomic E-state index is 0.0145. The summed E-state index contributed by atoms with van der Waals surface area (Å²) in [4.78, 5) is 18.7. The Balaban J connectivity index is 1.43. The van der Waals surface area contributed by atoms with Crippen LogP contribution in [0.2, 0.25) is 0 Å². The first kappa shape index (κ1) is 18.4. The van der Waals surface area contributed by atoms with Gasteiger partial charge in [-0.1, -0.05) is 19.3 Å². The largest absolute Gasteiger partial charge is 0.497 e. The molecule has 0 bridgehead atoms. The van der Waals surface area contributed by atoms with E-state index in [4.69, 9.17) is 4.74 Å². The van der Waals surface area contributed by atoms with E-state index in [0.29, 0.717) is 11.6 Å². The van der Waals surface area contributed by atoms with Crippen LogP contribution in [-0.2, 0) is 0 Å². The number of likely N-dealkylation sites (tertiary alicyclic amines) is 1. The van der Waals surface area contributed by atoms with Crippen molar-refractivity contribution in [1.29, 1.82) is 0 Å². The van der Waals surface area contributed by atoms with Crippen LogP contribution in [0.25, 0.3) is 10.9 Å². The summed E-state index contributed by atoms with van der Waals surface area (Å²) in [7, 11) is 1.66. The number of aromatic nitrogens is 1. The SMILES string of the molecule is COc1ccc2[nH]c(C(=O)NC3CCCC[C@H]3CN3CCCCC3)cc2c1. The molecule has 5 heteroatoms. The Hall–Kier alpha value is -2.01. The van der Waals surface area contributed by atoms with Gasteiger partial charge in [0.25, 0.3) is 5.91 Å². The van der Waals surface area contributed by atoms with Crippen LogP contribution in [0.15, 0.2) is 24.3 Å². The molecule has 2 atom stereocenters. The molecule has 1 saturated carbocycles. The molecule has 1 amide bonds. The Morgan fingerprint density at radius 2 is 1.96 bits per heavy atom. The van der Waals surface area contributed by atoms with Crippen molar-refractivity contribution in [2.45, 2.75) is 51.0 Å². The number of hydrogen-bond donors (Lipinski definition) is 2. The average molecular weight is 370 g/mol. The number of nitrogens with one attached hydrogen (secondary N) is 2. The van der Waals surface area contributed by atoms with Crippen molar-refractivity contribution < 1.29 is 9.53 Å². The highest BCUT2D eigenvalue weighted by Gasteiger charge is 2.29. The van der Waals surface area contributed by atoms with Gasteiger partial charge in [-0.2, -0.15) is 0 Å². The topological polar surface area (TPSA) is 57.4 Å². The Morgan fingerprint density at radius 1 is 1.15 bits per heavy atom. The predicted octanol–water partition coefficient (Wildman–Crippen LogP) is 3.95. The van der Waals surface area contributed by atoms with Crippen LogP contribution in [0.3, 0.4) is 0 Å². The van der Waals surface area contributed by atoms with E-state index in [1.165, 1.54) is 51.6 Å². The zero-order chi connectivity index (χ0) is 18.6. The fourth-order valence-corrected chi connectivity index (χ4v) is 4.70. The van der Waals surface area contributed by atoms with Gasteiger partial charge < -0.3 is 19.9 Å². The van der Waals surface area contributed by atoms with Gasteiger partial charge in [0, 0.05) is 23.5 Å². The van der Waals surface area contributed by atoms with E-state index in [2.05, 4.69) is 15.2 Å². The van der Waals surface area contributed by atoms with Gasteiger partial charge in [-0.05, 0) is 69.0 Å². The van der Waals surface area contributed by atoms with Crippen molar-refractivity contribution in [2.75, 3.05) is 26.7 Å². The third-order valence-electron chi connectivity index (χ3n) is 6.24. The summed E-state index contributed by atoms with van der Waals surface area (Å²) in [6.45, 7) is 3.58. The molecule has 5 nitrogen and oxygen atoms in total. The second-order valence-corrected chi connectivity index (χ2v) is 8.12. The molecular formula is C22H31N3O2. The van der Waals surface area contributed by atoms with Crippen molar-refractivity contribution in [3.8, 4) is 5.75 Å². The summed E-state index contributed by atoms with van der Waals surface area (Å²) in [5.41, 5.74) is 1.61. The Labute approximate surface area is 161 Å². The molecular weight excluding hydrogens is 338 g/mol. The fourth-order valence-electron chi connectivity index (χ4n) is 4.70. The molecule has 1 aromatic carbocycles. The summed E-state index contributed by atoms with van der Waals surface area (Å²) >= 11 is 0. The number of aromatic amines is 1. The van der Waals surface area contributed by atoms with Crippen LogP contribution >= 0.6 is 0 Å². The predicted molar refractivity (Wildman–Crippen MR) is 108 cm³/mol. The summed E-state index contributed by atoms with van der Waals surface area (Å²) in [5.74, 6) is 1.40. The smallest absolute Gasteiger partial charge is 0.267 e. The van der Waals surface area contributed by atoms with Crippen LogP contribution < -0.4 is 10.1 Å². The van der Waals surface area contributed by atoms with Crippen molar-refractivity contribution >= 4 is 16.8 Å². The number of carbonyl (C=O) groups is 1. The number of benzene rings is 1. The molecule has 146 valence electrons. The maximum Gasteiger partial charge on any atom is 0.267 e. The molecule has 1 aromatic heterocycles. The van der Waals surface area contributed by atoms with Crippen LogP contribution in [0, 0.1) is 5.92 Å². The van der Waals surface area contributed by atoms with Crippen molar-refractivity contribution in [3.63, 3.8) is 0 Å². The second kappa shape index (κ2) is 8.34. The molecule has 0 spiro atoms. The highest BCUT2D eigenvalue weighted by Crippen LogP contribution is 2.27. The lowest BCUT2D eigenvalue weighted by Crippen LogP contribution is -2.47. The van der Waals surface area contributed by atoms with E-state index >= 15 is 0 Å². The van der Waals surface area contributed by atoms with Gasteiger partial charge in [0.05, 0.1) is 7.11 Å². The number of piperidine rings is 1. The van der Waals surface area contributed by atoms with Crippen LogP contribution in [-0.4, -0.2) is 48.6 Å². The Bertz CT molecular complexity index is 779. The van der Waals surface area contributed by atoms with Gasteiger partial charge in [0.2, 0.25) is 0 Å². The number of rotatable bonds is 5. The molecule has 1 aliphatic carbocycles. The number of ether oxygens (including phenoxy) is 1. The van der Waals surface area contributed by atoms with E-state index in [0.717, 1.165) is 29.6 Å². The average Bonchev–Trinajstić information content (AvgIpc) is 3.13. The van der Waals surface area contributed by atoms with Gasteiger partial charge in [-0.25, -0.2) is 0 Å². The third kappa shape index (κ3) is 4.29. The molecule has 27 heavy (non-hydrogen) atoms. The van der Waals surface area contributed by atoms with Gasteiger partial charge in [-0.3, -0.25) is 4.79 Å². The van der Waals surface area contributed by atoms with Crippen LogP contribution in [0.1, 0.15) is 55.4 Å². The molecule has 2 aromatic rings. The second-order valence-electron chi connectivity index (χ2n) is 8.12. The summed E-state index contributed by atoms with van der Waals surface area (Å²) in [6, 6.07) is 8.05. The molecule has 2 N–H and O–H groups in total. The Kier molecular flexibility index (Phi) is 5.67. The van der Waals surface area contributed by atoms with Crippen LogP contribution in [0.5, 0.6) is 5.75 Å². The highest BCUT2D eigenvalue weighted by atomic mass is 16.5. The number of hydrogen-bond acceptors (Lipinski definition) is 3. The van der Waals surface area contributed by atoms with E-state index in [1.807, 2.05) is 24.3 Å². The standard InChI is InChI=1S/C22H31N3O2/c1-27-18-9-10-20-17(13-18)14-21(23-20)22(26)24-19-8-4-3-7-16(19)15-25-11-5-2-6-12-25/h9-10,13-14,16,19,23H,2-8,11-12,15H2,1H3,(H,24,26)/t16-,19?/m0/s1. The van der Waals surface area contributed by atoms with E-state index in [-0.39, 0.29) is 11.9 Å². The number of fused-ring (bicyclic) bond motifs is 1. The third-order valence-corrected chi connectivity index (χ3v) is 6.24. The zero-order valence-electron chi connectivity index (χ0n) is 16.3. The lowest BCUT2D eigenvalue weighted by molar-refractivity contribution is 0.0873. The monoisotopic (exact) mass is 369 g/mol. The van der Waals surface area contributed by atoms with E-state index in [1.54, 1.807) is 7.11 Å². The molecule has 2 fully saturated rings. The normalized spacial score (nSPS) is 24.0. The number of carbonyl (C=O) groups excluding carboxylic acids is 1. The van der Waals surface area contributed by atoms with E-state index < -0.39 is 0 Å². The lowest BCUT2D eigenvalue weighted by atomic mass is 9.83. The molecule has 0 radical (unpaired) electrons. The van der Waals surface area contributed by atoms with Crippen molar-refractivity contribution in [3.05, 3.63) is 30.0 Å². The maximum absolute atomic E-state index is 12.9. The van der Waals surface area contributed by atoms with Crippen LogP contribution in [0.4, 0.5) is 0 Å². The lowest BCUT2D eigenvalue weighted by Gasteiger charge is -2.37. The first-order valence-corrected chi connectivity index (χ1v) is 10.4. The summed E-state index contributed by atoms with van der Waals surface area (Å²) < 4.78 is 5.28. The quantitative estimate of drug-likeness (QED) is 0.839. The molecule has 4 rings (SSSR count). The van der Waals surface area contributed by atoms with Gasteiger partial charge >= 0.3 is 0 Å². The molecule has 1 unspecified atom stereocenters. The first-order chi connectivity index (χ1) is 13.2. The number of methoxy groups -OCH3 is 1. The molecule has 1 saturated heterocycles. The molecule has 2 heterocycles. The van der Waals surface area contributed by atoms with Crippen molar-refractivity contribution in [1.82, 2.24) is 15.2 Å². The number of H-pyrrole nitrogens is 1. The summed E-state index contributed by atoms with van der Waals surface area (Å²) in [5, 5.41) is 4.34. The van der Waals surface area contributed by atoms with E-state index in [9.17, 15) is 4.79 Å². The highest BCUT2D eigenvalue weighted by molar-refractivity contribution is 5.98.